The van der Waals surface area contributed by atoms with Crippen LogP contribution in [0.15, 0.2) is 85.7 Å². The molecule has 39 heavy (non-hydrogen) atoms. The fourth-order valence-electron chi connectivity index (χ4n) is 3.99. The van der Waals surface area contributed by atoms with Gasteiger partial charge in [0.25, 0.3) is 0 Å². The van der Waals surface area contributed by atoms with Gasteiger partial charge in [0.15, 0.2) is 5.82 Å². The second-order valence-corrected chi connectivity index (χ2v) is 9.30. The number of aromatic nitrogens is 6. The molecule has 3 aromatic carbocycles. The minimum Gasteiger partial charge on any atom is -0.489 e. The Morgan fingerprint density at radius 3 is 2.41 bits per heavy atom. The molecule has 0 bridgehead atoms. The van der Waals surface area contributed by atoms with Crippen LogP contribution in [0, 0.1) is 11.6 Å². The zero-order chi connectivity index (χ0) is 27.2. The number of halogens is 3. The smallest absolute Gasteiger partial charge is 0.173 e. The van der Waals surface area contributed by atoms with Crippen molar-refractivity contribution < 1.29 is 18.6 Å². The van der Waals surface area contributed by atoms with Crippen molar-refractivity contribution in [1.82, 2.24) is 29.5 Å². The highest BCUT2D eigenvalue weighted by Crippen LogP contribution is 2.28. The first kappa shape index (κ1) is 26.2. The van der Waals surface area contributed by atoms with Gasteiger partial charge < -0.3 is 9.84 Å². The molecule has 0 aliphatic heterocycles. The van der Waals surface area contributed by atoms with E-state index in [0.29, 0.717) is 17.5 Å². The maximum Gasteiger partial charge on any atom is 0.173 e. The molecule has 0 fully saturated rings. The Balaban J connectivity index is 1.25. The van der Waals surface area contributed by atoms with E-state index in [4.69, 9.17) is 16.3 Å². The van der Waals surface area contributed by atoms with Crippen LogP contribution >= 0.6 is 11.6 Å². The van der Waals surface area contributed by atoms with Gasteiger partial charge in [0.2, 0.25) is 0 Å². The molecule has 0 radical (unpaired) electrons. The maximum absolute atomic E-state index is 14.7. The van der Waals surface area contributed by atoms with Gasteiger partial charge in [0.1, 0.15) is 48.6 Å². The predicted octanol–water partition coefficient (Wildman–Crippen LogP) is 5.14. The van der Waals surface area contributed by atoms with Crippen molar-refractivity contribution in [3.8, 4) is 5.75 Å². The number of benzene rings is 3. The summed E-state index contributed by atoms with van der Waals surface area (Å²) in [5, 5.41) is 20.5. The Morgan fingerprint density at radius 2 is 1.69 bits per heavy atom. The molecule has 0 saturated carbocycles. The van der Waals surface area contributed by atoms with E-state index in [0.717, 1.165) is 29.0 Å². The van der Waals surface area contributed by atoms with Crippen molar-refractivity contribution in [1.29, 1.82) is 0 Å². The van der Waals surface area contributed by atoms with E-state index in [2.05, 4.69) is 20.2 Å². The first-order valence-corrected chi connectivity index (χ1v) is 12.3. The molecule has 2 heterocycles. The van der Waals surface area contributed by atoms with Gasteiger partial charge in [-0.1, -0.05) is 48.0 Å². The van der Waals surface area contributed by atoms with E-state index in [9.17, 15) is 13.9 Å². The third kappa shape index (κ3) is 6.73. The number of nitrogens with zero attached hydrogens (tertiary/aromatic N) is 6. The van der Waals surface area contributed by atoms with Gasteiger partial charge in [0.05, 0.1) is 13.1 Å². The lowest BCUT2D eigenvalue weighted by Gasteiger charge is -2.28. The molecule has 0 saturated heterocycles. The Kier molecular flexibility index (Phi) is 7.76. The molecule has 1 unspecified atom stereocenters. The van der Waals surface area contributed by atoms with Gasteiger partial charge in [0, 0.05) is 16.7 Å². The molecule has 8 nitrogen and oxygen atoms in total. The van der Waals surface area contributed by atoms with E-state index in [1.165, 1.54) is 34.4 Å². The molecule has 0 aliphatic carbocycles. The van der Waals surface area contributed by atoms with Crippen LogP contribution in [0.1, 0.15) is 22.5 Å². The molecule has 0 aliphatic rings. The van der Waals surface area contributed by atoms with Crippen LogP contribution in [0.25, 0.3) is 12.2 Å². The first-order chi connectivity index (χ1) is 18.9. The summed E-state index contributed by atoms with van der Waals surface area (Å²) < 4.78 is 36.7. The van der Waals surface area contributed by atoms with Crippen LogP contribution in [0.3, 0.4) is 0 Å². The number of hydrogen-bond donors (Lipinski definition) is 1. The predicted molar refractivity (Wildman–Crippen MR) is 141 cm³/mol. The van der Waals surface area contributed by atoms with Crippen molar-refractivity contribution >= 4 is 23.8 Å². The van der Waals surface area contributed by atoms with Gasteiger partial charge in [-0.15, -0.1) is 0 Å². The Hall–Kier alpha value is -4.41. The van der Waals surface area contributed by atoms with Crippen molar-refractivity contribution in [2.24, 2.45) is 0 Å². The molecule has 1 atom stereocenters. The normalized spacial score (nSPS) is 13.0. The number of aliphatic hydroxyl groups is 1. The van der Waals surface area contributed by atoms with Crippen LogP contribution in [0.5, 0.6) is 5.75 Å². The largest absolute Gasteiger partial charge is 0.489 e. The highest BCUT2D eigenvalue weighted by Gasteiger charge is 2.34. The van der Waals surface area contributed by atoms with Crippen LogP contribution < -0.4 is 4.74 Å². The first-order valence-electron chi connectivity index (χ1n) is 11.9. The summed E-state index contributed by atoms with van der Waals surface area (Å²) in [4.78, 5) is 8.12. The van der Waals surface area contributed by atoms with Gasteiger partial charge >= 0.3 is 0 Å². The zero-order valence-electron chi connectivity index (χ0n) is 20.5. The topological polar surface area (TPSA) is 90.9 Å². The van der Waals surface area contributed by atoms with E-state index in [1.807, 2.05) is 54.6 Å². The second kappa shape index (κ2) is 11.5. The summed E-state index contributed by atoms with van der Waals surface area (Å²) in [6.45, 7) is 0.141. The summed E-state index contributed by atoms with van der Waals surface area (Å²) in [5.74, 6) is -0.503. The number of rotatable bonds is 10. The van der Waals surface area contributed by atoms with Gasteiger partial charge in [-0.05, 0) is 47.5 Å². The molecule has 5 rings (SSSR count). The van der Waals surface area contributed by atoms with Crippen LogP contribution in [0.4, 0.5) is 8.78 Å². The quantitative estimate of drug-likeness (QED) is 0.260. The van der Waals surface area contributed by atoms with Crippen molar-refractivity contribution in [2.45, 2.75) is 25.3 Å². The van der Waals surface area contributed by atoms with E-state index < -0.39 is 17.2 Å². The van der Waals surface area contributed by atoms with E-state index in [-0.39, 0.29) is 18.7 Å². The van der Waals surface area contributed by atoms with E-state index in [1.54, 1.807) is 6.08 Å². The summed E-state index contributed by atoms with van der Waals surface area (Å²) in [6.07, 6.45) is 7.69. The fourth-order valence-corrected chi connectivity index (χ4v) is 4.12. The lowest BCUT2D eigenvalue weighted by Crippen LogP contribution is -2.37. The van der Waals surface area contributed by atoms with Gasteiger partial charge in [-0.3, -0.25) is 0 Å². The Labute approximate surface area is 227 Å². The standard InChI is InChI=1S/C28H23ClF2N6O2/c29-22-6-1-21(2-7-22)14-39-24-9-3-20(4-10-24)5-12-27-33-19-37(35-27)16-28(38,15-36-18-32-17-34-36)25-11-8-23(30)13-26(25)31/h1-13,17-19,38H,14-16H2. The van der Waals surface area contributed by atoms with Crippen LogP contribution in [0.2, 0.25) is 5.02 Å². The average Bonchev–Trinajstić information content (AvgIpc) is 3.59. The third-order valence-electron chi connectivity index (χ3n) is 5.92. The Morgan fingerprint density at radius 1 is 0.923 bits per heavy atom. The van der Waals surface area contributed by atoms with Gasteiger partial charge in [-0.25, -0.2) is 28.1 Å². The lowest BCUT2D eigenvalue weighted by molar-refractivity contribution is -0.00857. The Bertz CT molecular complexity index is 1560. The third-order valence-corrected chi connectivity index (χ3v) is 6.18. The number of hydrogen-bond acceptors (Lipinski definition) is 6. The zero-order valence-corrected chi connectivity index (χ0v) is 21.3. The number of ether oxygens (including phenoxy) is 1. The molecule has 5 aromatic rings. The molecule has 1 N–H and O–H groups in total. The highest BCUT2D eigenvalue weighted by molar-refractivity contribution is 6.30. The fraction of sp³-hybridized carbons (Fsp3) is 0.143. The van der Waals surface area contributed by atoms with Crippen molar-refractivity contribution in [3.63, 3.8) is 0 Å². The van der Waals surface area contributed by atoms with E-state index >= 15 is 0 Å². The van der Waals surface area contributed by atoms with Crippen LogP contribution in [-0.4, -0.2) is 34.6 Å². The summed E-state index contributed by atoms with van der Waals surface area (Å²) in [6, 6.07) is 18.0. The summed E-state index contributed by atoms with van der Waals surface area (Å²) >= 11 is 5.91. The summed E-state index contributed by atoms with van der Waals surface area (Å²) in [7, 11) is 0. The molecule has 11 heteroatoms. The SMILES string of the molecule is OC(Cn1cncn1)(Cn1cnc(C=Cc2ccc(OCc3ccc(Cl)cc3)cc2)n1)c1ccc(F)cc1F. The molecule has 2 aromatic heterocycles. The molecule has 0 amide bonds. The minimum atomic E-state index is -1.80. The van der Waals surface area contributed by atoms with Gasteiger partial charge in [-0.2, -0.15) is 10.2 Å². The van der Waals surface area contributed by atoms with Crippen molar-refractivity contribution in [2.75, 3.05) is 0 Å². The molecular weight excluding hydrogens is 526 g/mol. The maximum atomic E-state index is 14.7. The van der Waals surface area contributed by atoms with Crippen molar-refractivity contribution in [3.05, 3.63) is 125 Å². The minimum absolute atomic E-state index is 0.0923. The summed E-state index contributed by atoms with van der Waals surface area (Å²) in [5.41, 5.74) is 0.0224. The monoisotopic (exact) mass is 548 g/mol. The molecule has 198 valence electrons. The highest BCUT2D eigenvalue weighted by atomic mass is 35.5. The lowest BCUT2D eigenvalue weighted by atomic mass is 9.93. The molecular formula is C28H23ClF2N6O2. The average molecular weight is 549 g/mol. The molecule has 0 spiro atoms. The second-order valence-electron chi connectivity index (χ2n) is 8.87. The van der Waals surface area contributed by atoms with Crippen LogP contribution in [-0.2, 0) is 25.3 Å².